The Bertz CT molecular complexity index is 1060. The van der Waals surface area contributed by atoms with E-state index in [9.17, 15) is 14.7 Å². The Labute approximate surface area is 187 Å². The van der Waals surface area contributed by atoms with Crippen LogP contribution >= 0.6 is 11.6 Å². The molecule has 4 rings (SSSR count). The van der Waals surface area contributed by atoms with E-state index < -0.39 is 6.04 Å². The van der Waals surface area contributed by atoms with Gasteiger partial charge in [0.25, 0.3) is 5.56 Å². The number of allylic oxidation sites excluding steroid dienone is 1. The fourth-order valence-corrected chi connectivity index (χ4v) is 5.41. The number of pyridine rings is 1. The minimum absolute atomic E-state index is 0.0334. The average molecular weight is 442 g/mol. The highest BCUT2D eigenvalue weighted by Gasteiger charge is 2.55. The van der Waals surface area contributed by atoms with E-state index in [-0.39, 0.29) is 36.0 Å². The van der Waals surface area contributed by atoms with Gasteiger partial charge in [-0.3, -0.25) is 14.5 Å². The maximum Gasteiger partial charge on any atom is 0.258 e. The topological polar surface area (TPSA) is 74.6 Å². The van der Waals surface area contributed by atoms with Crippen LogP contribution in [0, 0.1) is 11.8 Å². The lowest BCUT2D eigenvalue weighted by molar-refractivity contribution is -0.127. The Hall–Kier alpha value is -2.41. The monoisotopic (exact) mass is 441 g/mol. The number of hydrogen-bond acceptors (Lipinski definition) is 4. The molecule has 1 fully saturated rings. The Morgan fingerprint density at radius 2 is 2.06 bits per heavy atom. The molecule has 2 aliphatic heterocycles. The number of nitrogens with zero attached hydrogens (tertiary/aromatic N) is 2. The molecule has 164 valence electrons. The second-order valence-electron chi connectivity index (χ2n) is 8.19. The Morgan fingerprint density at radius 3 is 2.74 bits per heavy atom. The van der Waals surface area contributed by atoms with Gasteiger partial charge in [0.15, 0.2) is 0 Å². The lowest BCUT2D eigenvalue weighted by atomic mass is 9.88. The molecule has 1 saturated heterocycles. The van der Waals surface area contributed by atoms with Crippen molar-refractivity contribution in [1.29, 1.82) is 0 Å². The summed E-state index contributed by atoms with van der Waals surface area (Å²) in [6, 6.07) is 10.8. The molecule has 0 unspecified atom stereocenters. The number of aliphatic hydroxyl groups is 1. The molecular formula is C24H28ClN3O3. The highest BCUT2D eigenvalue weighted by molar-refractivity contribution is 6.31. The van der Waals surface area contributed by atoms with E-state index in [1.807, 2.05) is 62.4 Å². The summed E-state index contributed by atoms with van der Waals surface area (Å²) < 4.78 is 1.81. The van der Waals surface area contributed by atoms with Crippen molar-refractivity contribution in [2.24, 2.45) is 11.8 Å². The molecule has 0 radical (unpaired) electrons. The molecule has 1 aromatic heterocycles. The number of carbonyl (C=O) groups is 1. The van der Waals surface area contributed by atoms with Gasteiger partial charge >= 0.3 is 0 Å². The van der Waals surface area contributed by atoms with Gasteiger partial charge in [-0.25, -0.2) is 0 Å². The van der Waals surface area contributed by atoms with E-state index in [1.165, 1.54) is 0 Å². The summed E-state index contributed by atoms with van der Waals surface area (Å²) in [6.07, 6.45) is 3.66. The quantitative estimate of drug-likeness (QED) is 0.722. The number of fused-ring (bicyclic) bond motifs is 3. The first-order chi connectivity index (χ1) is 15.0. The van der Waals surface area contributed by atoms with Crippen molar-refractivity contribution in [2.45, 2.75) is 39.0 Å². The molecule has 0 aliphatic carbocycles. The highest BCUT2D eigenvalue weighted by Crippen LogP contribution is 2.50. The van der Waals surface area contributed by atoms with Crippen LogP contribution in [0.15, 0.2) is 47.3 Å². The fraction of sp³-hybridized carbons (Fsp3) is 0.417. The number of benzene rings is 1. The zero-order chi connectivity index (χ0) is 22.1. The van der Waals surface area contributed by atoms with E-state index in [0.29, 0.717) is 30.2 Å². The molecule has 1 aromatic carbocycles. The summed E-state index contributed by atoms with van der Waals surface area (Å²) in [5.74, 6) is -0.403. The van der Waals surface area contributed by atoms with Crippen LogP contribution in [-0.2, 0) is 17.9 Å². The summed E-state index contributed by atoms with van der Waals surface area (Å²) in [5, 5.41) is 13.9. The van der Waals surface area contributed by atoms with Crippen LogP contribution < -0.4 is 10.9 Å². The summed E-state index contributed by atoms with van der Waals surface area (Å²) in [5.41, 5.74) is 2.42. The second-order valence-corrected chi connectivity index (χ2v) is 8.59. The molecule has 3 heterocycles. The largest absolute Gasteiger partial charge is 0.396 e. The Balaban J connectivity index is 1.81. The number of likely N-dealkylation sites (N-methyl/N-ethyl adjacent to an activating group) is 1. The first-order valence-corrected chi connectivity index (χ1v) is 11.1. The van der Waals surface area contributed by atoms with E-state index in [4.69, 9.17) is 11.6 Å². The van der Waals surface area contributed by atoms with Gasteiger partial charge in [0, 0.05) is 54.4 Å². The molecule has 2 N–H and O–H groups in total. The molecular weight excluding hydrogens is 414 g/mol. The van der Waals surface area contributed by atoms with Gasteiger partial charge in [-0.05, 0) is 37.6 Å². The average Bonchev–Trinajstić information content (AvgIpc) is 3.27. The molecule has 2 aliphatic rings. The molecule has 1 amide bonds. The smallest absolute Gasteiger partial charge is 0.258 e. The lowest BCUT2D eigenvalue weighted by Gasteiger charge is -2.31. The van der Waals surface area contributed by atoms with Crippen molar-refractivity contribution in [3.8, 4) is 0 Å². The predicted octanol–water partition coefficient (Wildman–Crippen LogP) is 2.83. The molecule has 7 heteroatoms. The number of rotatable bonds is 6. The number of hydrogen-bond donors (Lipinski definition) is 2. The van der Waals surface area contributed by atoms with Gasteiger partial charge in [-0.15, -0.1) is 0 Å². The SMILES string of the molecule is C/C=C\c1ccc2n(c1=O)C[C@@H]1[C@@H](CO)[C@H](C(=O)NCC)N(Cc3ccccc3Cl)[C@H]21. The van der Waals surface area contributed by atoms with E-state index in [1.54, 1.807) is 4.57 Å². The molecule has 0 bridgehead atoms. The minimum Gasteiger partial charge on any atom is -0.396 e. The standard InChI is InChI=1S/C24H28ClN3O3/c1-3-7-15-10-11-20-21-17(13-27(20)24(15)31)18(14-29)22(23(30)26-4-2)28(21)12-16-8-5-6-9-19(16)25/h3,5-11,17-18,21-22,29H,4,12-14H2,1-2H3,(H,26,30)/b7-3-/t17-,18-,21+,22-/m1/s1. The van der Waals surface area contributed by atoms with Crippen molar-refractivity contribution >= 4 is 23.6 Å². The zero-order valence-electron chi connectivity index (χ0n) is 17.8. The number of amides is 1. The second kappa shape index (κ2) is 8.99. The zero-order valence-corrected chi connectivity index (χ0v) is 18.5. The number of nitrogens with one attached hydrogen (secondary N) is 1. The Kier molecular flexibility index (Phi) is 6.32. The van der Waals surface area contributed by atoms with Gasteiger partial charge in [0.05, 0.1) is 12.1 Å². The van der Waals surface area contributed by atoms with Crippen molar-refractivity contribution in [3.63, 3.8) is 0 Å². The first-order valence-electron chi connectivity index (χ1n) is 10.8. The normalized spacial score (nSPS) is 25.0. The van der Waals surface area contributed by atoms with Gasteiger partial charge in [0.2, 0.25) is 5.91 Å². The van der Waals surface area contributed by atoms with Crippen LogP contribution in [0.25, 0.3) is 6.08 Å². The number of aromatic nitrogens is 1. The van der Waals surface area contributed by atoms with Crippen LogP contribution in [0.3, 0.4) is 0 Å². The molecule has 0 spiro atoms. The third-order valence-electron chi connectivity index (χ3n) is 6.50. The molecule has 2 aromatic rings. The Morgan fingerprint density at radius 1 is 1.29 bits per heavy atom. The number of aliphatic hydroxyl groups excluding tert-OH is 1. The summed E-state index contributed by atoms with van der Waals surface area (Å²) in [6.45, 7) is 5.13. The number of halogens is 1. The van der Waals surface area contributed by atoms with Crippen molar-refractivity contribution in [2.75, 3.05) is 13.2 Å². The lowest BCUT2D eigenvalue weighted by Crippen LogP contribution is -2.48. The highest BCUT2D eigenvalue weighted by atomic mass is 35.5. The maximum absolute atomic E-state index is 13.1. The minimum atomic E-state index is -0.490. The predicted molar refractivity (Wildman–Crippen MR) is 122 cm³/mol. The van der Waals surface area contributed by atoms with Gasteiger partial charge in [0.1, 0.15) is 0 Å². The fourth-order valence-electron chi connectivity index (χ4n) is 5.21. The molecule has 31 heavy (non-hydrogen) atoms. The van der Waals surface area contributed by atoms with Crippen molar-refractivity contribution in [3.05, 3.63) is 74.7 Å². The van der Waals surface area contributed by atoms with Crippen LogP contribution in [-0.4, -0.2) is 39.7 Å². The molecule has 6 nitrogen and oxygen atoms in total. The van der Waals surface area contributed by atoms with Crippen LogP contribution in [0.1, 0.15) is 36.7 Å². The third-order valence-corrected chi connectivity index (χ3v) is 6.87. The number of carbonyl (C=O) groups excluding carboxylic acids is 1. The summed E-state index contributed by atoms with van der Waals surface area (Å²) in [4.78, 5) is 28.2. The summed E-state index contributed by atoms with van der Waals surface area (Å²) in [7, 11) is 0. The van der Waals surface area contributed by atoms with Gasteiger partial charge in [-0.1, -0.05) is 42.0 Å². The first kappa shape index (κ1) is 21.8. The van der Waals surface area contributed by atoms with E-state index in [0.717, 1.165) is 11.3 Å². The maximum atomic E-state index is 13.1. The van der Waals surface area contributed by atoms with Crippen LogP contribution in [0.4, 0.5) is 0 Å². The van der Waals surface area contributed by atoms with Crippen molar-refractivity contribution in [1.82, 2.24) is 14.8 Å². The molecule has 0 saturated carbocycles. The van der Waals surface area contributed by atoms with E-state index >= 15 is 0 Å². The molecule has 4 atom stereocenters. The van der Waals surface area contributed by atoms with Gasteiger partial charge in [-0.2, -0.15) is 0 Å². The van der Waals surface area contributed by atoms with Gasteiger partial charge < -0.3 is 15.0 Å². The van der Waals surface area contributed by atoms with Crippen molar-refractivity contribution < 1.29 is 9.90 Å². The number of likely N-dealkylation sites (tertiary alicyclic amines) is 1. The summed E-state index contributed by atoms with van der Waals surface area (Å²) >= 11 is 6.45. The van der Waals surface area contributed by atoms with Crippen LogP contribution in [0.2, 0.25) is 5.02 Å². The van der Waals surface area contributed by atoms with E-state index in [2.05, 4.69) is 10.2 Å². The third kappa shape index (κ3) is 3.73. The van der Waals surface area contributed by atoms with Crippen LogP contribution in [0.5, 0.6) is 0 Å².